The molecular formula is C21H30N2O4S. The third-order valence-corrected chi connectivity index (χ3v) is 4.32. The van der Waals surface area contributed by atoms with Crippen LogP contribution in [0.3, 0.4) is 0 Å². The Labute approximate surface area is 172 Å². The summed E-state index contributed by atoms with van der Waals surface area (Å²) in [5.41, 5.74) is 2.05. The van der Waals surface area contributed by atoms with E-state index in [1.807, 2.05) is 45.9 Å². The second-order valence-corrected chi connectivity index (χ2v) is 7.46. The number of hydrogen-bond donors (Lipinski definition) is 2. The molecular weight excluding hydrogens is 376 g/mol. The lowest BCUT2D eigenvalue weighted by Gasteiger charge is -2.30. The zero-order valence-corrected chi connectivity index (χ0v) is 18.1. The Balaban J connectivity index is 2.38. The molecule has 0 amide bonds. The summed E-state index contributed by atoms with van der Waals surface area (Å²) in [6, 6.07) is 5.26. The van der Waals surface area contributed by atoms with Crippen LogP contribution < -0.4 is 20.1 Å². The van der Waals surface area contributed by atoms with E-state index in [1.165, 1.54) is 0 Å². The molecule has 1 atom stereocenters. The van der Waals surface area contributed by atoms with Crippen LogP contribution in [-0.2, 0) is 9.53 Å². The first-order valence-electron chi connectivity index (χ1n) is 9.72. The van der Waals surface area contributed by atoms with E-state index in [1.54, 1.807) is 0 Å². The van der Waals surface area contributed by atoms with Crippen molar-refractivity contribution in [3.63, 3.8) is 0 Å². The van der Waals surface area contributed by atoms with Crippen molar-refractivity contribution >= 4 is 23.3 Å². The normalized spacial score (nSPS) is 16.5. The number of allylic oxidation sites excluding steroid dienone is 1. The van der Waals surface area contributed by atoms with Crippen LogP contribution in [-0.4, -0.2) is 30.9 Å². The van der Waals surface area contributed by atoms with E-state index < -0.39 is 6.04 Å². The van der Waals surface area contributed by atoms with Crippen LogP contribution in [0.1, 0.15) is 52.6 Å². The van der Waals surface area contributed by atoms with Gasteiger partial charge in [0.2, 0.25) is 0 Å². The Morgan fingerprint density at radius 2 is 1.96 bits per heavy atom. The maximum absolute atomic E-state index is 12.8. The van der Waals surface area contributed by atoms with Gasteiger partial charge < -0.3 is 24.8 Å². The van der Waals surface area contributed by atoms with E-state index in [0.29, 0.717) is 47.7 Å². The first-order valence-corrected chi connectivity index (χ1v) is 10.1. The van der Waals surface area contributed by atoms with Crippen molar-refractivity contribution in [1.82, 2.24) is 10.6 Å². The van der Waals surface area contributed by atoms with Gasteiger partial charge >= 0.3 is 5.97 Å². The molecule has 0 spiro atoms. The summed E-state index contributed by atoms with van der Waals surface area (Å²) >= 11 is 5.31. The number of nitrogens with one attached hydrogen (secondary N) is 2. The minimum atomic E-state index is -0.423. The molecule has 1 unspecified atom stereocenters. The molecule has 1 aliphatic heterocycles. The summed E-state index contributed by atoms with van der Waals surface area (Å²) in [7, 11) is 0. The van der Waals surface area contributed by atoms with Crippen molar-refractivity contribution in [2.45, 2.75) is 47.1 Å². The number of carbonyl (C=O) groups is 1. The number of carbonyl (C=O) groups excluding carboxylic acids is 1. The van der Waals surface area contributed by atoms with Crippen LogP contribution in [0.4, 0.5) is 0 Å². The minimum Gasteiger partial charge on any atom is -0.490 e. The largest absolute Gasteiger partial charge is 0.490 e. The molecule has 0 aliphatic carbocycles. The predicted molar refractivity (Wildman–Crippen MR) is 114 cm³/mol. The highest BCUT2D eigenvalue weighted by molar-refractivity contribution is 7.80. The zero-order chi connectivity index (χ0) is 20.7. The van der Waals surface area contributed by atoms with Gasteiger partial charge in [0.05, 0.1) is 31.4 Å². The topological polar surface area (TPSA) is 68.8 Å². The monoisotopic (exact) mass is 406 g/mol. The number of hydrogen-bond acceptors (Lipinski definition) is 5. The lowest BCUT2D eigenvalue weighted by atomic mass is 9.95. The second kappa shape index (κ2) is 10.3. The van der Waals surface area contributed by atoms with Crippen LogP contribution in [0, 0.1) is 5.92 Å². The Hall–Kier alpha value is -2.28. The van der Waals surface area contributed by atoms with Crippen molar-refractivity contribution in [2.24, 2.45) is 5.92 Å². The van der Waals surface area contributed by atoms with Gasteiger partial charge in [0.1, 0.15) is 0 Å². The van der Waals surface area contributed by atoms with Gasteiger partial charge in [-0.05, 0) is 56.1 Å². The average molecular weight is 407 g/mol. The van der Waals surface area contributed by atoms with Crippen LogP contribution in [0.2, 0.25) is 0 Å². The fourth-order valence-corrected chi connectivity index (χ4v) is 3.11. The van der Waals surface area contributed by atoms with Crippen LogP contribution in [0.15, 0.2) is 29.5 Å². The summed E-state index contributed by atoms with van der Waals surface area (Å²) in [6.45, 7) is 11.3. The molecule has 28 heavy (non-hydrogen) atoms. The molecule has 0 saturated heterocycles. The average Bonchev–Trinajstić information content (AvgIpc) is 2.64. The summed E-state index contributed by atoms with van der Waals surface area (Å²) < 4.78 is 17.0. The summed E-state index contributed by atoms with van der Waals surface area (Å²) in [5, 5.41) is 6.66. The Morgan fingerprint density at radius 1 is 1.21 bits per heavy atom. The van der Waals surface area contributed by atoms with Gasteiger partial charge in [-0.15, -0.1) is 0 Å². The number of thiocarbonyl (C=S) groups is 1. The first kappa shape index (κ1) is 22.0. The molecule has 7 heteroatoms. The van der Waals surface area contributed by atoms with E-state index in [-0.39, 0.29) is 11.9 Å². The summed E-state index contributed by atoms with van der Waals surface area (Å²) in [6.07, 6.45) is 0.908. The molecule has 0 radical (unpaired) electrons. The van der Waals surface area contributed by atoms with Crippen molar-refractivity contribution in [2.75, 3.05) is 19.8 Å². The van der Waals surface area contributed by atoms with E-state index >= 15 is 0 Å². The quantitative estimate of drug-likeness (QED) is 0.477. The molecule has 0 fully saturated rings. The minimum absolute atomic E-state index is 0.258. The molecule has 1 aliphatic rings. The molecule has 2 rings (SSSR count). The van der Waals surface area contributed by atoms with Crippen molar-refractivity contribution in [3.05, 3.63) is 35.0 Å². The van der Waals surface area contributed by atoms with Crippen LogP contribution in [0.5, 0.6) is 11.5 Å². The van der Waals surface area contributed by atoms with Crippen molar-refractivity contribution in [3.8, 4) is 11.5 Å². The highest BCUT2D eigenvalue weighted by atomic mass is 32.1. The fraction of sp³-hybridized carbons (Fsp3) is 0.524. The molecule has 0 aromatic heterocycles. The first-order chi connectivity index (χ1) is 13.4. The number of rotatable bonds is 9. The highest BCUT2D eigenvalue weighted by Crippen LogP contribution is 2.35. The Bertz CT molecular complexity index is 746. The van der Waals surface area contributed by atoms with Gasteiger partial charge in [-0.2, -0.15) is 0 Å². The fourth-order valence-electron chi connectivity index (χ4n) is 2.84. The standard InChI is InChI=1S/C21H30N2O4S/c1-6-10-26-16-9-8-15(11-17(16)25-7-2)19-18(14(5)22-21(28)23-19)20(24)27-12-13(3)4/h8-9,11,13,19H,6-7,10,12H2,1-5H3,(H2,22,23,28). The number of benzene rings is 1. The third kappa shape index (κ3) is 5.61. The van der Waals surface area contributed by atoms with E-state index in [4.69, 9.17) is 26.4 Å². The van der Waals surface area contributed by atoms with Gasteiger partial charge in [0, 0.05) is 5.70 Å². The highest BCUT2D eigenvalue weighted by Gasteiger charge is 2.31. The molecule has 1 heterocycles. The molecule has 6 nitrogen and oxygen atoms in total. The maximum Gasteiger partial charge on any atom is 0.338 e. The SMILES string of the molecule is CCCOc1ccc(C2NC(=S)NC(C)=C2C(=O)OCC(C)C)cc1OCC. The Morgan fingerprint density at radius 3 is 2.61 bits per heavy atom. The Kier molecular flexibility index (Phi) is 8.11. The summed E-state index contributed by atoms with van der Waals surface area (Å²) in [5.74, 6) is 1.23. The lowest BCUT2D eigenvalue weighted by molar-refractivity contribution is -0.140. The van der Waals surface area contributed by atoms with E-state index in [2.05, 4.69) is 17.6 Å². The molecule has 1 aromatic carbocycles. The van der Waals surface area contributed by atoms with Gasteiger partial charge in [-0.25, -0.2) is 4.79 Å². The van der Waals surface area contributed by atoms with Gasteiger partial charge in [0.15, 0.2) is 16.6 Å². The van der Waals surface area contributed by atoms with Crippen LogP contribution in [0.25, 0.3) is 0 Å². The molecule has 0 saturated carbocycles. The van der Waals surface area contributed by atoms with E-state index in [9.17, 15) is 4.79 Å². The van der Waals surface area contributed by atoms with Gasteiger partial charge in [-0.3, -0.25) is 0 Å². The third-order valence-electron chi connectivity index (χ3n) is 4.10. The second-order valence-electron chi connectivity index (χ2n) is 7.05. The van der Waals surface area contributed by atoms with Crippen LogP contribution >= 0.6 is 12.2 Å². The van der Waals surface area contributed by atoms with Crippen molar-refractivity contribution in [1.29, 1.82) is 0 Å². The molecule has 1 aromatic rings. The summed E-state index contributed by atoms with van der Waals surface area (Å²) in [4.78, 5) is 12.8. The lowest BCUT2D eigenvalue weighted by Crippen LogP contribution is -2.45. The number of esters is 1. The smallest absolute Gasteiger partial charge is 0.338 e. The molecule has 154 valence electrons. The molecule has 2 N–H and O–H groups in total. The maximum atomic E-state index is 12.8. The van der Waals surface area contributed by atoms with Gasteiger partial charge in [-0.1, -0.05) is 26.8 Å². The van der Waals surface area contributed by atoms with E-state index in [0.717, 1.165) is 12.0 Å². The zero-order valence-electron chi connectivity index (χ0n) is 17.3. The predicted octanol–water partition coefficient (Wildman–Crippen LogP) is 3.87. The number of ether oxygens (including phenoxy) is 3. The van der Waals surface area contributed by atoms with Gasteiger partial charge in [0.25, 0.3) is 0 Å². The molecule has 0 bridgehead atoms. The van der Waals surface area contributed by atoms with Crippen molar-refractivity contribution < 1.29 is 19.0 Å².